The molecule has 2 aromatic heterocycles. The summed E-state index contributed by atoms with van der Waals surface area (Å²) in [7, 11) is 0. The number of hydrogen-bond donors (Lipinski definition) is 0. The highest BCUT2D eigenvalue weighted by molar-refractivity contribution is 6.04. The SMILES string of the molecule is CCn1c(=O)c2c(=O)c3ccccc3oc2c2ccccc21. The second-order valence-corrected chi connectivity index (χ2v) is 5.20. The standard InChI is InChI=1S/C18H13NO3/c1-2-19-13-9-5-3-7-11(13)17-15(18(19)21)16(20)12-8-4-6-10-14(12)22-17/h3-10H,2H2,1H3. The van der Waals surface area contributed by atoms with Crippen molar-refractivity contribution in [3.8, 4) is 0 Å². The number of para-hydroxylation sites is 2. The third-order valence-corrected chi connectivity index (χ3v) is 4.01. The third kappa shape index (κ3) is 1.58. The van der Waals surface area contributed by atoms with Crippen molar-refractivity contribution in [2.45, 2.75) is 13.5 Å². The normalized spacial score (nSPS) is 11.5. The van der Waals surface area contributed by atoms with Crippen LogP contribution < -0.4 is 11.0 Å². The van der Waals surface area contributed by atoms with E-state index in [0.717, 1.165) is 10.9 Å². The van der Waals surface area contributed by atoms with Crippen molar-refractivity contribution in [1.29, 1.82) is 0 Å². The highest BCUT2D eigenvalue weighted by atomic mass is 16.3. The van der Waals surface area contributed by atoms with E-state index in [1.54, 1.807) is 22.8 Å². The zero-order chi connectivity index (χ0) is 15.3. The number of pyridine rings is 1. The van der Waals surface area contributed by atoms with E-state index >= 15 is 0 Å². The number of fused-ring (bicyclic) bond motifs is 4. The molecule has 0 fully saturated rings. The molecule has 0 aliphatic heterocycles. The molecule has 0 unspecified atom stereocenters. The van der Waals surface area contributed by atoms with Gasteiger partial charge in [-0.2, -0.15) is 0 Å². The Morgan fingerprint density at radius 2 is 1.64 bits per heavy atom. The Bertz CT molecular complexity index is 1150. The molecule has 0 N–H and O–H groups in total. The van der Waals surface area contributed by atoms with Gasteiger partial charge in [-0.3, -0.25) is 9.59 Å². The van der Waals surface area contributed by atoms with Crippen molar-refractivity contribution in [3.05, 3.63) is 69.1 Å². The number of aromatic nitrogens is 1. The highest BCUT2D eigenvalue weighted by Gasteiger charge is 2.16. The smallest absolute Gasteiger partial charge is 0.266 e. The van der Waals surface area contributed by atoms with E-state index in [2.05, 4.69) is 0 Å². The van der Waals surface area contributed by atoms with Gasteiger partial charge in [0, 0.05) is 11.9 Å². The molecular formula is C18H13NO3. The van der Waals surface area contributed by atoms with Crippen molar-refractivity contribution in [1.82, 2.24) is 4.57 Å². The van der Waals surface area contributed by atoms with Gasteiger partial charge in [-0.15, -0.1) is 0 Å². The first-order valence-electron chi connectivity index (χ1n) is 7.19. The van der Waals surface area contributed by atoms with E-state index in [0.29, 0.717) is 23.1 Å². The molecule has 0 amide bonds. The fourth-order valence-corrected chi connectivity index (χ4v) is 2.99. The minimum Gasteiger partial charge on any atom is -0.455 e. The van der Waals surface area contributed by atoms with Crippen LogP contribution in [-0.4, -0.2) is 4.57 Å². The first-order chi connectivity index (χ1) is 10.7. The maximum atomic E-state index is 12.7. The van der Waals surface area contributed by atoms with E-state index in [-0.39, 0.29) is 16.4 Å². The van der Waals surface area contributed by atoms with Gasteiger partial charge in [0.25, 0.3) is 5.56 Å². The lowest BCUT2D eigenvalue weighted by atomic mass is 10.1. The molecule has 4 aromatic rings. The second-order valence-electron chi connectivity index (χ2n) is 5.20. The molecule has 4 rings (SSSR count). The van der Waals surface area contributed by atoms with Crippen LogP contribution in [0.15, 0.2) is 62.5 Å². The summed E-state index contributed by atoms with van der Waals surface area (Å²) in [5.41, 5.74) is 1.08. The van der Waals surface area contributed by atoms with Crippen LogP contribution >= 0.6 is 0 Å². The Balaban J connectivity index is 2.43. The Hall–Kier alpha value is -2.88. The Kier molecular flexibility index (Phi) is 2.66. The van der Waals surface area contributed by atoms with Gasteiger partial charge >= 0.3 is 0 Å². The number of aryl methyl sites for hydroxylation is 1. The summed E-state index contributed by atoms with van der Waals surface area (Å²) >= 11 is 0. The second kappa shape index (κ2) is 4.56. The van der Waals surface area contributed by atoms with Crippen LogP contribution in [0.2, 0.25) is 0 Å². The number of rotatable bonds is 1. The zero-order valence-corrected chi connectivity index (χ0v) is 12.0. The molecule has 0 aliphatic carbocycles. The number of benzene rings is 2. The molecule has 4 nitrogen and oxygen atoms in total. The minimum atomic E-state index is -0.296. The fourth-order valence-electron chi connectivity index (χ4n) is 2.99. The van der Waals surface area contributed by atoms with Gasteiger partial charge < -0.3 is 8.98 Å². The summed E-state index contributed by atoms with van der Waals surface area (Å²) < 4.78 is 7.52. The first kappa shape index (κ1) is 12.8. The predicted octanol–water partition coefficient (Wildman–Crippen LogP) is 3.28. The molecule has 0 atom stereocenters. The Morgan fingerprint density at radius 1 is 0.955 bits per heavy atom. The lowest BCUT2D eigenvalue weighted by molar-refractivity contribution is 0.660. The molecule has 0 aliphatic rings. The first-order valence-corrected chi connectivity index (χ1v) is 7.19. The molecule has 0 saturated heterocycles. The summed E-state index contributed by atoms with van der Waals surface area (Å²) in [6.45, 7) is 2.39. The van der Waals surface area contributed by atoms with E-state index in [1.807, 2.05) is 37.3 Å². The fraction of sp³-hybridized carbons (Fsp3) is 0.111. The van der Waals surface area contributed by atoms with Gasteiger partial charge in [0.15, 0.2) is 5.58 Å². The average molecular weight is 291 g/mol. The number of hydrogen-bond acceptors (Lipinski definition) is 3. The van der Waals surface area contributed by atoms with Crippen LogP contribution in [0.25, 0.3) is 32.8 Å². The summed E-state index contributed by atoms with van der Waals surface area (Å²) in [6, 6.07) is 14.5. The van der Waals surface area contributed by atoms with Gasteiger partial charge in [0.1, 0.15) is 11.0 Å². The highest BCUT2D eigenvalue weighted by Crippen LogP contribution is 2.24. The largest absolute Gasteiger partial charge is 0.455 e. The van der Waals surface area contributed by atoms with Gasteiger partial charge in [0.2, 0.25) is 5.43 Å². The average Bonchev–Trinajstić information content (AvgIpc) is 2.55. The van der Waals surface area contributed by atoms with Crippen molar-refractivity contribution in [2.75, 3.05) is 0 Å². The van der Waals surface area contributed by atoms with Crippen molar-refractivity contribution in [3.63, 3.8) is 0 Å². The van der Waals surface area contributed by atoms with Crippen LogP contribution in [0, 0.1) is 0 Å². The predicted molar refractivity (Wildman–Crippen MR) is 87.4 cm³/mol. The van der Waals surface area contributed by atoms with Gasteiger partial charge in [-0.25, -0.2) is 0 Å². The van der Waals surface area contributed by atoms with Gasteiger partial charge in [0.05, 0.1) is 10.9 Å². The summed E-state index contributed by atoms with van der Waals surface area (Å²) in [5.74, 6) is 0. The quantitative estimate of drug-likeness (QED) is 0.399. The third-order valence-electron chi connectivity index (χ3n) is 4.01. The van der Waals surface area contributed by atoms with Crippen LogP contribution in [0.4, 0.5) is 0 Å². The van der Waals surface area contributed by atoms with Gasteiger partial charge in [-0.05, 0) is 31.2 Å². The molecule has 0 spiro atoms. The van der Waals surface area contributed by atoms with Crippen LogP contribution in [0.5, 0.6) is 0 Å². The lowest BCUT2D eigenvalue weighted by Gasteiger charge is -2.10. The zero-order valence-electron chi connectivity index (χ0n) is 12.0. The Labute approximate surface area is 125 Å². The molecule has 2 heterocycles. The summed E-state index contributed by atoms with van der Waals surface area (Å²) in [4.78, 5) is 25.5. The molecule has 2 aromatic carbocycles. The molecule has 4 heteroatoms. The van der Waals surface area contributed by atoms with E-state index in [9.17, 15) is 9.59 Å². The lowest BCUT2D eigenvalue weighted by Crippen LogP contribution is -2.24. The molecule has 0 saturated carbocycles. The monoisotopic (exact) mass is 291 g/mol. The summed E-state index contributed by atoms with van der Waals surface area (Å²) in [6.07, 6.45) is 0. The van der Waals surface area contributed by atoms with Crippen molar-refractivity contribution < 1.29 is 4.42 Å². The van der Waals surface area contributed by atoms with Crippen LogP contribution in [-0.2, 0) is 6.54 Å². The number of nitrogens with zero attached hydrogens (tertiary/aromatic N) is 1. The van der Waals surface area contributed by atoms with E-state index in [1.165, 1.54) is 0 Å². The molecule has 0 radical (unpaired) electrons. The molecule has 108 valence electrons. The van der Waals surface area contributed by atoms with E-state index < -0.39 is 0 Å². The molecule has 22 heavy (non-hydrogen) atoms. The summed E-state index contributed by atoms with van der Waals surface area (Å²) in [5, 5.41) is 1.34. The topological polar surface area (TPSA) is 52.2 Å². The molecule has 0 bridgehead atoms. The van der Waals surface area contributed by atoms with Gasteiger partial charge in [-0.1, -0.05) is 24.3 Å². The maximum absolute atomic E-state index is 12.7. The molecular weight excluding hydrogens is 278 g/mol. The maximum Gasteiger partial charge on any atom is 0.266 e. The van der Waals surface area contributed by atoms with Crippen molar-refractivity contribution >= 4 is 32.8 Å². The van der Waals surface area contributed by atoms with E-state index in [4.69, 9.17) is 4.42 Å². The van der Waals surface area contributed by atoms with Crippen LogP contribution in [0.3, 0.4) is 0 Å². The minimum absolute atomic E-state index is 0.124. The van der Waals surface area contributed by atoms with Crippen LogP contribution in [0.1, 0.15) is 6.92 Å². The van der Waals surface area contributed by atoms with Crippen molar-refractivity contribution in [2.24, 2.45) is 0 Å². The Morgan fingerprint density at radius 3 is 2.41 bits per heavy atom.